The Morgan fingerprint density at radius 3 is 2.62 bits per heavy atom. The van der Waals surface area contributed by atoms with E-state index in [1.54, 1.807) is 7.05 Å². The van der Waals surface area contributed by atoms with Gasteiger partial charge in [0.1, 0.15) is 12.5 Å². The molecule has 1 aromatic rings. The number of hydrogen-bond acceptors (Lipinski definition) is 4. The average molecular weight is 224 g/mol. The van der Waals surface area contributed by atoms with Crippen LogP contribution in [0.25, 0.3) is 0 Å². The second-order valence-electron chi connectivity index (χ2n) is 3.55. The Bertz CT molecular complexity index is 394. The van der Waals surface area contributed by atoms with E-state index in [9.17, 15) is 4.79 Å². The summed E-state index contributed by atoms with van der Waals surface area (Å²) in [6.45, 7) is 3.75. The van der Waals surface area contributed by atoms with Crippen LogP contribution in [0.4, 0.5) is 4.79 Å². The Morgan fingerprint density at radius 1 is 1.50 bits per heavy atom. The van der Waals surface area contributed by atoms with Crippen LogP contribution < -0.4 is 5.32 Å². The van der Waals surface area contributed by atoms with E-state index in [1.807, 2.05) is 13.8 Å². The van der Waals surface area contributed by atoms with Crippen molar-refractivity contribution in [1.29, 1.82) is 0 Å². The van der Waals surface area contributed by atoms with Crippen LogP contribution in [0.2, 0.25) is 0 Å². The highest BCUT2D eigenvalue weighted by atomic mass is 16.4. The Balaban J connectivity index is 3.13. The zero-order chi connectivity index (χ0) is 12.3. The first-order chi connectivity index (χ1) is 7.49. The number of rotatable bonds is 3. The fourth-order valence-corrected chi connectivity index (χ4v) is 1.46. The van der Waals surface area contributed by atoms with Crippen LogP contribution in [0.3, 0.4) is 0 Å². The van der Waals surface area contributed by atoms with E-state index in [-0.39, 0.29) is 0 Å². The molecule has 0 radical (unpaired) electrons. The molecule has 0 aliphatic rings. The van der Waals surface area contributed by atoms with Crippen LogP contribution in [0.5, 0.6) is 0 Å². The van der Waals surface area contributed by atoms with Crippen LogP contribution in [0.1, 0.15) is 23.1 Å². The molecule has 1 rings (SSSR count). The van der Waals surface area contributed by atoms with E-state index in [2.05, 4.69) is 15.3 Å². The van der Waals surface area contributed by atoms with Gasteiger partial charge in [-0.25, -0.2) is 14.8 Å². The maximum absolute atomic E-state index is 10.9. The van der Waals surface area contributed by atoms with E-state index in [0.717, 1.165) is 11.3 Å². The second kappa shape index (κ2) is 4.89. The molecule has 1 amide bonds. The standard InChI is InChI=1S/C10H16N4O2/c1-6-7(2)12-5-13-8(6)9(11-3)14(4)10(15)16/h5,9,11H,1-4H3,(H,15,16). The van der Waals surface area contributed by atoms with Gasteiger partial charge in [0.25, 0.3) is 0 Å². The van der Waals surface area contributed by atoms with E-state index in [0.29, 0.717) is 5.69 Å². The first-order valence-corrected chi connectivity index (χ1v) is 4.90. The van der Waals surface area contributed by atoms with Crippen molar-refractivity contribution in [3.05, 3.63) is 23.3 Å². The number of aryl methyl sites for hydroxylation is 1. The quantitative estimate of drug-likeness (QED) is 0.746. The summed E-state index contributed by atoms with van der Waals surface area (Å²) < 4.78 is 0. The lowest BCUT2D eigenvalue weighted by molar-refractivity contribution is 0.130. The first-order valence-electron chi connectivity index (χ1n) is 4.90. The molecule has 6 nitrogen and oxygen atoms in total. The summed E-state index contributed by atoms with van der Waals surface area (Å²) >= 11 is 0. The van der Waals surface area contributed by atoms with Crippen LogP contribution in [-0.4, -0.2) is 40.2 Å². The third-order valence-corrected chi connectivity index (χ3v) is 2.60. The third-order valence-electron chi connectivity index (χ3n) is 2.60. The van der Waals surface area contributed by atoms with Gasteiger partial charge in [0, 0.05) is 12.7 Å². The van der Waals surface area contributed by atoms with Crippen molar-refractivity contribution in [2.24, 2.45) is 0 Å². The van der Waals surface area contributed by atoms with Crippen LogP contribution in [-0.2, 0) is 0 Å². The molecule has 1 unspecified atom stereocenters. The lowest BCUT2D eigenvalue weighted by atomic mass is 10.1. The number of carbonyl (C=O) groups is 1. The third kappa shape index (κ3) is 2.27. The van der Waals surface area contributed by atoms with E-state index < -0.39 is 12.3 Å². The lowest BCUT2D eigenvalue weighted by Crippen LogP contribution is -2.38. The van der Waals surface area contributed by atoms with Crippen LogP contribution in [0, 0.1) is 13.8 Å². The first kappa shape index (κ1) is 12.4. The van der Waals surface area contributed by atoms with Gasteiger partial charge in [0.2, 0.25) is 0 Å². The van der Waals surface area contributed by atoms with Gasteiger partial charge in [-0.05, 0) is 26.5 Å². The minimum atomic E-state index is -1.00. The molecule has 0 spiro atoms. The highest BCUT2D eigenvalue weighted by Crippen LogP contribution is 2.18. The van der Waals surface area contributed by atoms with Gasteiger partial charge < -0.3 is 5.11 Å². The zero-order valence-corrected chi connectivity index (χ0v) is 9.85. The van der Waals surface area contributed by atoms with Gasteiger partial charge in [-0.15, -0.1) is 0 Å². The highest BCUT2D eigenvalue weighted by Gasteiger charge is 2.22. The molecular weight excluding hydrogens is 208 g/mol. The number of aromatic nitrogens is 2. The molecule has 88 valence electrons. The Kier molecular flexibility index (Phi) is 3.78. The average Bonchev–Trinajstić information content (AvgIpc) is 2.24. The van der Waals surface area contributed by atoms with Crippen molar-refractivity contribution in [2.45, 2.75) is 20.0 Å². The van der Waals surface area contributed by atoms with Gasteiger partial charge in [-0.3, -0.25) is 10.2 Å². The van der Waals surface area contributed by atoms with Crippen molar-refractivity contribution in [3.8, 4) is 0 Å². The maximum atomic E-state index is 10.9. The van der Waals surface area contributed by atoms with Gasteiger partial charge in [0.15, 0.2) is 0 Å². The molecule has 16 heavy (non-hydrogen) atoms. The predicted octanol–water partition coefficient (Wildman–Crippen LogP) is 0.921. The van der Waals surface area contributed by atoms with Gasteiger partial charge >= 0.3 is 6.09 Å². The van der Waals surface area contributed by atoms with Gasteiger partial charge in [-0.2, -0.15) is 0 Å². The number of nitrogens with zero attached hydrogens (tertiary/aromatic N) is 3. The molecular formula is C10H16N4O2. The predicted molar refractivity (Wildman–Crippen MR) is 59.1 cm³/mol. The lowest BCUT2D eigenvalue weighted by Gasteiger charge is -2.25. The number of amides is 1. The maximum Gasteiger partial charge on any atom is 0.408 e. The molecule has 0 bridgehead atoms. The molecule has 1 heterocycles. The summed E-state index contributed by atoms with van der Waals surface area (Å²) in [4.78, 5) is 20.3. The largest absolute Gasteiger partial charge is 0.465 e. The molecule has 6 heteroatoms. The van der Waals surface area contributed by atoms with E-state index in [1.165, 1.54) is 18.3 Å². The number of nitrogens with one attached hydrogen (secondary N) is 1. The SMILES string of the molecule is CNC(c1ncnc(C)c1C)N(C)C(=O)O. The molecule has 0 saturated heterocycles. The summed E-state index contributed by atoms with van der Waals surface area (Å²) in [6.07, 6.45) is -0.0215. The molecule has 0 aliphatic heterocycles. The minimum absolute atomic E-state index is 0.459. The molecule has 0 aliphatic carbocycles. The highest BCUT2D eigenvalue weighted by molar-refractivity contribution is 5.65. The Labute approximate surface area is 94.3 Å². The Morgan fingerprint density at radius 2 is 2.12 bits per heavy atom. The summed E-state index contributed by atoms with van der Waals surface area (Å²) in [5.74, 6) is 0. The van der Waals surface area contributed by atoms with Crippen molar-refractivity contribution in [3.63, 3.8) is 0 Å². The van der Waals surface area contributed by atoms with Crippen molar-refractivity contribution in [1.82, 2.24) is 20.2 Å². The molecule has 1 aromatic heterocycles. The summed E-state index contributed by atoms with van der Waals surface area (Å²) in [5.41, 5.74) is 2.43. The second-order valence-corrected chi connectivity index (χ2v) is 3.55. The zero-order valence-electron chi connectivity index (χ0n) is 9.85. The molecule has 0 saturated carbocycles. The fraction of sp³-hybridized carbons (Fsp3) is 0.500. The molecule has 2 N–H and O–H groups in total. The Hall–Kier alpha value is -1.69. The van der Waals surface area contributed by atoms with E-state index in [4.69, 9.17) is 5.11 Å². The molecule has 1 atom stereocenters. The smallest absolute Gasteiger partial charge is 0.408 e. The van der Waals surface area contributed by atoms with Gasteiger partial charge in [-0.1, -0.05) is 0 Å². The number of hydrogen-bond donors (Lipinski definition) is 2. The van der Waals surface area contributed by atoms with Crippen LogP contribution in [0.15, 0.2) is 6.33 Å². The van der Waals surface area contributed by atoms with Crippen molar-refractivity contribution in [2.75, 3.05) is 14.1 Å². The van der Waals surface area contributed by atoms with Crippen molar-refractivity contribution < 1.29 is 9.90 Å². The fourth-order valence-electron chi connectivity index (χ4n) is 1.46. The van der Waals surface area contributed by atoms with Gasteiger partial charge in [0.05, 0.1) is 5.69 Å². The van der Waals surface area contributed by atoms with Crippen molar-refractivity contribution >= 4 is 6.09 Å². The van der Waals surface area contributed by atoms with E-state index >= 15 is 0 Å². The topological polar surface area (TPSA) is 78.4 Å². The monoisotopic (exact) mass is 224 g/mol. The normalized spacial score (nSPS) is 12.2. The summed E-state index contributed by atoms with van der Waals surface area (Å²) in [7, 11) is 3.20. The minimum Gasteiger partial charge on any atom is -0.465 e. The summed E-state index contributed by atoms with van der Waals surface area (Å²) in [6, 6.07) is 0. The number of carboxylic acid groups (broad SMARTS) is 1. The molecule has 0 aromatic carbocycles. The summed E-state index contributed by atoms with van der Waals surface area (Å²) in [5, 5.41) is 11.9. The molecule has 0 fully saturated rings. The van der Waals surface area contributed by atoms with Crippen LogP contribution >= 0.6 is 0 Å².